The first-order valence-electron chi connectivity index (χ1n) is 3.97. The van der Waals surface area contributed by atoms with Gasteiger partial charge < -0.3 is 11.5 Å². The lowest BCUT2D eigenvalue weighted by molar-refractivity contribution is -0.118. The minimum Gasteiger partial charge on any atom is -0.370 e. The Hall–Kier alpha value is -0.570. The molecule has 1 aliphatic carbocycles. The summed E-state index contributed by atoms with van der Waals surface area (Å²) < 4.78 is 0. The van der Waals surface area contributed by atoms with E-state index in [9.17, 15) is 4.79 Å². The Kier molecular flexibility index (Phi) is 1.92. The maximum Gasteiger partial charge on any atom is 0.218 e. The average Bonchev–Trinajstić information content (AvgIpc) is 2.38. The topological polar surface area (TPSA) is 69.1 Å². The lowest BCUT2D eigenvalue weighted by Crippen LogP contribution is -2.30. The molecule has 0 heterocycles. The van der Waals surface area contributed by atoms with Gasteiger partial charge in [-0.05, 0) is 17.8 Å². The van der Waals surface area contributed by atoms with Gasteiger partial charge in [0.05, 0.1) is 0 Å². The van der Waals surface area contributed by atoms with Crippen LogP contribution in [0, 0.1) is 11.3 Å². The van der Waals surface area contributed by atoms with Gasteiger partial charge in [0.15, 0.2) is 0 Å². The summed E-state index contributed by atoms with van der Waals surface area (Å²) in [5.74, 6) is 0.204. The Bertz CT molecular complexity index is 177. The molecule has 1 amide bonds. The first kappa shape index (κ1) is 8.53. The van der Waals surface area contributed by atoms with Gasteiger partial charge in [-0.2, -0.15) is 0 Å². The number of carbonyl (C=O) groups is 1. The van der Waals surface area contributed by atoms with Crippen LogP contribution in [0.5, 0.6) is 0 Å². The minimum absolute atomic E-state index is 0.0255. The van der Waals surface area contributed by atoms with E-state index in [0.717, 1.165) is 6.42 Å². The molecule has 4 N–H and O–H groups in total. The van der Waals surface area contributed by atoms with Crippen LogP contribution in [0.4, 0.5) is 0 Å². The van der Waals surface area contributed by atoms with Crippen LogP contribution in [0.2, 0.25) is 0 Å². The molecule has 0 aromatic heterocycles. The van der Waals surface area contributed by atoms with Crippen molar-refractivity contribution in [3.05, 3.63) is 0 Å². The van der Waals surface area contributed by atoms with Crippen molar-refractivity contribution in [1.82, 2.24) is 0 Å². The Balaban J connectivity index is 2.34. The average molecular weight is 156 g/mol. The molecule has 1 rings (SSSR count). The predicted molar refractivity (Wildman–Crippen MR) is 43.7 cm³/mol. The van der Waals surface area contributed by atoms with Gasteiger partial charge in [-0.3, -0.25) is 4.79 Å². The van der Waals surface area contributed by atoms with Crippen LogP contribution >= 0.6 is 0 Å². The van der Waals surface area contributed by atoms with Crippen molar-refractivity contribution < 1.29 is 4.79 Å². The van der Waals surface area contributed by atoms with E-state index in [1.165, 1.54) is 0 Å². The van der Waals surface area contributed by atoms with Crippen molar-refractivity contribution in [3.8, 4) is 0 Å². The largest absolute Gasteiger partial charge is 0.370 e. The molecule has 0 aromatic carbocycles. The fraction of sp³-hybridized carbons (Fsp3) is 0.875. The number of nitrogens with two attached hydrogens (primary N) is 2. The zero-order valence-electron chi connectivity index (χ0n) is 7.13. The number of hydrogen-bond donors (Lipinski definition) is 2. The zero-order chi connectivity index (χ0) is 8.65. The van der Waals surface area contributed by atoms with Crippen LogP contribution in [-0.2, 0) is 4.79 Å². The molecule has 0 bridgehead atoms. The van der Waals surface area contributed by atoms with Crippen LogP contribution in [0.25, 0.3) is 0 Å². The fourth-order valence-electron chi connectivity index (χ4n) is 1.61. The van der Waals surface area contributed by atoms with E-state index in [0.29, 0.717) is 17.8 Å². The van der Waals surface area contributed by atoms with E-state index in [-0.39, 0.29) is 11.9 Å². The standard InChI is InChI=1S/C8H16N2O/c1-8(2)4-5(8)6(9)3-7(10)11/h5-6H,3-4,9H2,1-2H3,(H2,10,11). The van der Waals surface area contributed by atoms with Gasteiger partial charge >= 0.3 is 0 Å². The second-order valence-corrected chi connectivity index (χ2v) is 4.13. The van der Waals surface area contributed by atoms with Crippen molar-refractivity contribution in [1.29, 1.82) is 0 Å². The molecule has 3 heteroatoms. The van der Waals surface area contributed by atoms with Crippen LogP contribution in [-0.4, -0.2) is 11.9 Å². The van der Waals surface area contributed by atoms with Gasteiger partial charge in [0, 0.05) is 12.5 Å². The molecule has 2 atom stereocenters. The van der Waals surface area contributed by atoms with Crippen molar-refractivity contribution in [3.63, 3.8) is 0 Å². The highest BCUT2D eigenvalue weighted by Gasteiger charge is 2.48. The van der Waals surface area contributed by atoms with Gasteiger partial charge in [0.2, 0.25) is 5.91 Å². The molecular weight excluding hydrogens is 140 g/mol. The maximum atomic E-state index is 10.5. The van der Waals surface area contributed by atoms with Gasteiger partial charge in [-0.1, -0.05) is 13.8 Å². The highest BCUT2D eigenvalue weighted by atomic mass is 16.1. The van der Waals surface area contributed by atoms with Crippen LogP contribution in [0.15, 0.2) is 0 Å². The summed E-state index contributed by atoms with van der Waals surface area (Å²) in [6.07, 6.45) is 1.45. The minimum atomic E-state index is -0.291. The first-order chi connectivity index (χ1) is 4.93. The second-order valence-electron chi connectivity index (χ2n) is 4.13. The summed E-state index contributed by atoms with van der Waals surface area (Å²) in [7, 11) is 0. The molecule has 11 heavy (non-hydrogen) atoms. The number of hydrogen-bond acceptors (Lipinski definition) is 2. The van der Waals surface area contributed by atoms with Crippen LogP contribution in [0.1, 0.15) is 26.7 Å². The molecule has 2 unspecified atom stereocenters. The molecule has 1 fully saturated rings. The summed E-state index contributed by atoms with van der Waals surface area (Å²) in [5, 5.41) is 0. The molecule has 0 radical (unpaired) electrons. The lowest BCUT2D eigenvalue weighted by atomic mass is 10.0. The van der Waals surface area contributed by atoms with Crippen LogP contribution < -0.4 is 11.5 Å². The highest BCUT2D eigenvalue weighted by Crippen LogP contribution is 2.53. The summed E-state index contributed by atoms with van der Waals surface area (Å²) >= 11 is 0. The monoisotopic (exact) mass is 156 g/mol. The lowest BCUT2D eigenvalue weighted by Gasteiger charge is -2.10. The first-order valence-corrected chi connectivity index (χ1v) is 3.97. The summed E-state index contributed by atoms with van der Waals surface area (Å²) in [4.78, 5) is 10.5. The normalized spacial score (nSPS) is 29.5. The molecular formula is C8H16N2O. The molecule has 3 nitrogen and oxygen atoms in total. The van der Waals surface area contributed by atoms with Crippen molar-refractivity contribution in [2.24, 2.45) is 22.8 Å². The summed E-state index contributed by atoms with van der Waals surface area (Å²) in [6, 6.07) is -0.0255. The maximum absolute atomic E-state index is 10.5. The van der Waals surface area contributed by atoms with E-state index in [4.69, 9.17) is 11.5 Å². The summed E-state index contributed by atoms with van der Waals surface area (Å²) in [6.45, 7) is 4.33. The van der Waals surface area contributed by atoms with Gasteiger partial charge in [-0.15, -0.1) is 0 Å². The van der Waals surface area contributed by atoms with E-state index in [1.807, 2.05) is 0 Å². The van der Waals surface area contributed by atoms with Crippen LogP contribution in [0.3, 0.4) is 0 Å². The fourth-order valence-corrected chi connectivity index (χ4v) is 1.61. The molecule has 0 aliphatic heterocycles. The molecule has 64 valence electrons. The van der Waals surface area contributed by atoms with E-state index >= 15 is 0 Å². The third-order valence-electron chi connectivity index (χ3n) is 2.54. The number of rotatable bonds is 3. The molecule has 0 aromatic rings. The van der Waals surface area contributed by atoms with E-state index in [1.54, 1.807) is 0 Å². The van der Waals surface area contributed by atoms with E-state index < -0.39 is 0 Å². The number of carbonyl (C=O) groups excluding carboxylic acids is 1. The Labute approximate surface area is 67.1 Å². The highest BCUT2D eigenvalue weighted by molar-refractivity contribution is 5.74. The summed E-state index contributed by atoms with van der Waals surface area (Å²) in [5.41, 5.74) is 11.1. The quantitative estimate of drug-likeness (QED) is 0.614. The zero-order valence-corrected chi connectivity index (χ0v) is 7.13. The third kappa shape index (κ3) is 1.93. The Morgan fingerprint density at radius 2 is 2.18 bits per heavy atom. The molecule has 0 saturated heterocycles. The van der Waals surface area contributed by atoms with E-state index in [2.05, 4.69) is 13.8 Å². The molecule has 1 aliphatic rings. The molecule has 0 spiro atoms. The molecule has 1 saturated carbocycles. The Morgan fingerprint density at radius 1 is 1.73 bits per heavy atom. The Morgan fingerprint density at radius 3 is 2.45 bits per heavy atom. The third-order valence-corrected chi connectivity index (χ3v) is 2.54. The van der Waals surface area contributed by atoms with Gasteiger partial charge in [-0.25, -0.2) is 0 Å². The smallest absolute Gasteiger partial charge is 0.218 e. The number of primary amides is 1. The predicted octanol–water partition coefficient (Wildman–Crippen LogP) is 0.235. The van der Waals surface area contributed by atoms with Crippen molar-refractivity contribution >= 4 is 5.91 Å². The van der Waals surface area contributed by atoms with Gasteiger partial charge in [0.25, 0.3) is 0 Å². The van der Waals surface area contributed by atoms with Gasteiger partial charge in [0.1, 0.15) is 0 Å². The second kappa shape index (κ2) is 2.48. The van der Waals surface area contributed by atoms with Crippen molar-refractivity contribution in [2.45, 2.75) is 32.7 Å². The van der Waals surface area contributed by atoms with Crippen molar-refractivity contribution in [2.75, 3.05) is 0 Å². The number of amides is 1. The SMILES string of the molecule is CC1(C)CC1C(N)CC(N)=O.